The van der Waals surface area contributed by atoms with E-state index in [9.17, 15) is 0 Å². The van der Waals surface area contributed by atoms with E-state index in [2.05, 4.69) is 142 Å². The lowest BCUT2D eigenvalue weighted by molar-refractivity contribution is 0.828. The van der Waals surface area contributed by atoms with Crippen LogP contribution in [0.25, 0.3) is 89.0 Å². The van der Waals surface area contributed by atoms with Gasteiger partial charge in [-0.1, -0.05) is 123 Å². The van der Waals surface area contributed by atoms with E-state index in [1.54, 1.807) is 0 Å². The highest BCUT2D eigenvalue weighted by atomic mass is 14.9. The van der Waals surface area contributed by atoms with Crippen LogP contribution in [0.5, 0.6) is 0 Å². The van der Waals surface area contributed by atoms with Crippen molar-refractivity contribution in [2.45, 2.75) is 26.7 Å². The predicted octanol–water partition coefficient (Wildman–Crippen LogP) is 11.9. The molecule has 0 unspecified atom stereocenters. The van der Waals surface area contributed by atoms with Crippen LogP contribution in [0.2, 0.25) is 0 Å². The zero-order valence-corrected chi connectivity index (χ0v) is 29.2. The molecule has 5 heteroatoms. The Bertz CT molecular complexity index is 2780. The Labute approximate surface area is 302 Å². The molecule has 0 bridgehead atoms. The zero-order chi connectivity index (χ0) is 35.2. The van der Waals surface area contributed by atoms with Gasteiger partial charge in [-0.25, -0.2) is 15.0 Å². The molecule has 0 aliphatic carbocycles. The number of pyridine rings is 3. The van der Waals surface area contributed by atoms with Gasteiger partial charge in [-0.2, -0.15) is 0 Å². The molecule has 0 aliphatic rings. The van der Waals surface area contributed by atoms with Crippen molar-refractivity contribution in [3.63, 3.8) is 0 Å². The van der Waals surface area contributed by atoms with Gasteiger partial charge in [0.05, 0.1) is 33.6 Å². The first kappa shape index (κ1) is 31.4. The third kappa shape index (κ3) is 5.76. The van der Waals surface area contributed by atoms with Crippen LogP contribution >= 0.6 is 0 Å². The average Bonchev–Trinajstić information content (AvgIpc) is 3.20. The van der Waals surface area contributed by atoms with E-state index in [1.165, 1.54) is 5.56 Å². The molecule has 0 amide bonds. The van der Waals surface area contributed by atoms with Crippen LogP contribution in [0.1, 0.15) is 31.0 Å². The van der Waals surface area contributed by atoms with Gasteiger partial charge < -0.3 is 0 Å². The highest BCUT2D eigenvalue weighted by Crippen LogP contribution is 2.34. The summed E-state index contributed by atoms with van der Waals surface area (Å²) in [7, 11) is 0. The van der Waals surface area contributed by atoms with Gasteiger partial charge in [-0.15, -0.1) is 0 Å². The Morgan fingerprint density at radius 1 is 0.442 bits per heavy atom. The molecule has 4 heterocycles. The van der Waals surface area contributed by atoms with E-state index in [-0.39, 0.29) is 0 Å². The van der Waals surface area contributed by atoms with Crippen LogP contribution in [0.3, 0.4) is 0 Å². The van der Waals surface area contributed by atoms with Gasteiger partial charge in [0.15, 0.2) is 5.82 Å². The molecule has 0 saturated heterocycles. The van der Waals surface area contributed by atoms with Crippen LogP contribution in [0, 0.1) is 6.92 Å². The smallest absolute Gasteiger partial charge is 0.160 e. The number of aryl methyl sites for hydroxylation is 1. The molecule has 52 heavy (non-hydrogen) atoms. The largest absolute Gasteiger partial charge is 0.256 e. The molecular weight excluding hydrogens is 635 g/mol. The van der Waals surface area contributed by atoms with Crippen molar-refractivity contribution >= 4 is 32.7 Å². The maximum absolute atomic E-state index is 5.23. The molecule has 0 N–H and O–H groups in total. The van der Waals surface area contributed by atoms with Crippen LogP contribution in [-0.4, -0.2) is 24.9 Å². The summed E-state index contributed by atoms with van der Waals surface area (Å²) in [6, 6.07) is 50.4. The minimum Gasteiger partial charge on any atom is -0.256 e. The van der Waals surface area contributed by atoms with Crippen LogP contribution in [0.4, 0.5) is 0 Å². The number of hydrogen-bond donors (Lipinski definition) is 0. The summed E-state index contributed by atoms with van der Waals surface area (Å²) in [5, 5.41) is 3.32. The number of hydrogen-bond acceptors (Lipinski definition) is 5. The summed E-state index contributed by atoms with van der Waals surface area (Å²) in [5.41, 5.74) is 13.9. The van der Waals surface area contributed by atoms with Crippen LogP contribution < -0.4 is 0 Å². The molecule has 0 radical (unpaired) electrons. The van der Waals surface area contributed by atoms with Crippen molar-refractivity contribution < 1.29 is 0 Å². The fraction of sp³-hybridized carbons (Fsp3) is 0.0851. The Morgan fingerprint density at radius 2 is 1.10 bits per heavy atom. The van der Waals surface area contributed by atoms with E-state index >= 15 is 0 Å². The Balaban J connectivity index is 1.17. The first-order chi connectivity index (χ1) is 25.5. The van der Waals surface area contributed by atoms with E-state index in [0.29, 0.717) is 11.7 Å². The summed E-state index contributed by atoms with van der Waals surface area (Å²) in [5.74, 6) is 0.980. The molecule has 5 aromatic carbocycles. The molecule has 9 aromatic rings. The molecule has 5 nitrogen and oxygen atoms in total. The second-order valence-electron chi connectivity index (χ2n) is 13.6. The summed E-state index contributed by atoms with van der Waals surface area (Å²) < 4.78 is 0. The maximum atomic E-state index is 5.23. The van der Waals surface area contributed by atoms with Crippen molar-refractivity contribution in [1.29, 1.82) is 0 Å². The van der Waals surface area contributed by atoms with Gasteiger partial charge in [0.25, 0.3) is 0 Å². The minimum atomic E-state index is 0.326. The number of nitrogens with zero attached hydrogens (tertiary/aromatic N) is 5. The molecule has 248 valence electrons. The molecule has 4 aromatic heterocycles. The van der Waals surface area contributed by atoms with Crippen molar-refractivity contribution in [3.8, 4) is 56.3 Å². The number of rotatable bonds is 6. The van der Waals surface area contributed by atoms with Gasteiger partial charge in [0, 0.05) is 55.9 Å². The second-order valence-corrected chi connectivity index (χ2v) is 13.6. The molecule has 0 atom stereocenters. The monoisotopic (exact) mass is 669 g/mol. The Kier molecular flexibility index (Phi) is 7.81. The Hall–Kier alpha value is -6.59. The minimum absolute atomic E-state index is 0.326. The molecule has 0 saturated carbocycles. The van der Waals surface area contributed by atoms with Gasteiger partial charge in [0.1, 0.15) is 0 Å². The fourth-order valence-corrected chi connectivity index (χ4v) is 7.00. The van der Waals surface area contributed by atoms with E-state index in [4.69, 9.17) is 24.9 Å². The number of benzene rings is 5. The van der Waals surface area contributed by atoms with Crippen molar-refractivity contribution in [2.24, 2.45) is 0 Å². The highest BCUT2D eigenvalue weighted by molar-refractivity contribution is 6.04. The topological polar surface area (TPSA) is 64.5 Å². The summed E-state index contributed by atoms with van der Waals surface area (Å²) >= 11 is 0. The van der Waals surface area contributed by atoms with Gasteiger partial charge in [-0.05, 0) is 60.4 Å². The first-order valence-corrected chi connectivity index (χ1v) is 17.7. The predicted molar refractivity (Wildman–Crippen MR) is 214 cm³/mol. The lowest BCUT2D eigenvalue weighted by Gasteiger charge is -2.13. The van der Waals surface area contributed by atoms with Crippen molar-refractivity contribution in [2.75, 3.05) is 0 Å². The van der Waals surface area contributed by atoms with Gasteiger partial charge >= 0.3 is 0 Å². The van der Waals surface area contributed by atoms with Crippen molar-refractivity contribution in [3.05, 3.63) is 163 Å². The summed E-state index contributed by atoms with van der Waals surface area (Å²) in [6.45, 7) is 6.52. The van der Waals surface area contributed by atoms with E-state index in [1.807, 2.05) is 30.5 Å². The van der Waals surface area contributed by atoms with E-state index in [0.717, 1.165) is 88.9 Å². The molecular formula is C47H35N5. The lowest BCUT2D eigenvalue weighted by Crippen LogP contribution is -1.97. The van der Waals surface area contributed by atoms with Crippen LogP contribution in [-0.2, 0) is 0 Å². The van der Waals surface area contributed by atoms with Gasteiger partial charge in [0.2, 0.25) is 0 Å². The number of aromatic nitrogens is 5. The van der Waals surface area contributed by atoms with Gasteiger partial charge in [-0.3, -0.25) is 9.97 Å². The standard InChI is InChI=1S/C47H35N5/c1-29(2)41-25-30(3)38-22-20-33-21-23-40(49-45(33)46(38)50-41)35-15-8-17-37(27-35)47-51-42(31-11-5-4-6-12-31)28-43(52-47)36-16-7-14-34(26-36)39-19-9-13-32-18-10-24-48-44(32)39/h4-29H,1-3H3. The fourth-order valence-electron chi connectivity index (χ4n) is 7.00. The maximum Gasteiger partial charge on any atom is 0.160 e. The number of fused-ring (bicyclic) bond motifs is 4. The second kappa shape index (κ2) is 12.9. The SMILES string of the molecule is Cc1cc(C(C)C)nc2c1ccc1ccc(-c3cccc(-c4nc(-c5ccccc5)cc(-c5cccc(-c6cccc7cccnc67)c5)n4)c3)nc12. The molecule has 0 spiro atoms. The third-order valence-corrected chi connectivity index (χ3v) is 9.77. The zero-order valence-electron chi connectivity index (χ0n) is 29.2. The summed E-state index contributed by atoms with van der Waals surface area (Å²) in [4.78, 5) is 25.4. The third-order valence-electron chi connectivity index (χ3n) is 9.77. The molecule has 0 fully saturated rings. The first-order valence-electron chi connectivity index (χ1n) is 17.7. The van der Waals surface area contributed by atoms with E-state index < -0.39 is 0 Å². The van der Waals surface area contributed by atoms with Crippen molar-refractivity contribution in [1.82, 2.24) is 24.9 Å². The molecule has 9 rings (SSSR count). The highest BCUT2D eigenvalue weighted by Gasteiger charge is 2.15. The Morgan fingerprint density at radius 3 is 1.92 bits per heavy atom. The molecule has 0 aliphatic heterocycles. The lowest BCUT2D eigenvalue weighted by atomic mass is 9.98. The average molecular weight is 670 g/mol. The quantitative estimate of drug-likeness (QED) is 0.165. The van der Waals surface area contributed by atoms with Crippen LogP contribution in [0.15, 0.2) is 152 Å². The normalized spacial score (nSPS) is 11.5. The summed E-state index contributed by atoms with van der Waals surface area (Å²) in [6.07, 6.45) is 1.85. The number of para-hydroxylation sites is 1.